The molecular weight excluding hydrogens is 282 g/mol. The number of likely N-dealkylation sites (tertiary alicyclic amines) is 1. The summed E-state index contributed by atoms with van der Waals surface area (Å²) in [7, 11) is 0. The highest BCUT2D eigenvalue weighted by atomic mass is 16.5. The topological polar surface area (TPSA) is 69.7 Å². The zero-order valence-corrected chi connectivity index (χ0v) is 13.2. The van der Waals surface area contributed by atoms with Crippen LogP contribution < -0.4 is 5.11 Å². The van der Waals surface area contributed by atoms with E-state index < -0.39 is 29.5 Å². The second-order valence-corrected chi connectivity index (χ2v) is 6.89. The van der Waals surface area contributed by atoms with E-state index in [0.717, 1.165) is 12.8 Å². The Morgan fingerprint density at radius 2 is 2.32 bits per heavy atom. The van der Waals surface area contributed by atoms with Gasteiger partial charge in [0.05, 0.1) is 18.6 Å². The van der Waals surface area contributed by atoms with Crippen molar-refractivity contribution in [1.82, 2.24) is 4.90 Å². The first kappa shape index (κ1) is 15.3. The van der Waals surface area contributed by atoms with Crippen molar-refractivity contribution in [2.75, 3.05) is 6.54 Å². The molecule has 0 saturated carbocycles. The van der Waals surface area contributed by atoms with E-state index in [2.05, 4.69) is 19.9 Å². The van der Waals surface area contributed by atoms with Gasteiger partial charge in [-0.2, -0.15) is 0 Å². The van der Waals surface area contributed by atoms with Crippen LogP contribution in [0.5, 0.6) is 0 Å². The lowest BCUT2D eigenvalue weighted by Crippen LogP contribution is -2.45. The molecule has 0 aliphatic carbocycles. The predicted octanol–water partition coefficient (Wildman–Crippen LogP) is 0.653. The molecule has 3 aliphatic heterocycles. The maximum Gasteiger partial charge on any atom is 0.230 e. The van der Waals surface area contributed by atoms with Crippen LogP contribution >= 0.6 is 0 Å². The van der Waals surface area contributed by atoms with E-state index >= 15 is 0 Å². The molecule has 3 rings (SSSR count). The standard InChI is InChI=1S/C17H23NO4/c1-10(2)5-4-6-11(3)18-9-17-8-7-12(22-17)13(16(20)21)14(17)15(18)19/h5,7-8,11-14H,4,6,9H2,1-3H3,(H,20,21)/p-1/t11-,12-,13-,14-,17+/m0/s1. The molecule has 22 heavy (non-hydrogen) atoms. The average molecular weight is 304 g/mol. The minimum absolute atomic E-state index is 0.0709. The summed E-state index contributed by atoms with van der Waals surface area (Å²) >= 11 is 0. The number of hydrogen-bond acceptors (Lipinski definition) is 4. The Morgan fingerprint density at radius 1 is 1.59 bits per heavy atom. The lowest BCUT2D eigenvalue weighted by atomic mass is 9.77. The molecule has 2 saturated heterocycles. The fourth-order valence-electron chi connectivity index (χ4n) is 3.94. The molecule has 0 aromatic carbocycles. The first-order valence-electron chi connectivity index (χ1n) is 7.87. The molecular formula is C17H22NO4-. The van der Waals surface area contributed by atoms with Crippen molar-refractivity contribution in [3.63, 3.8) is 0 Å². The summed E-state index contributed by atoms with van der Waals surface area (Å²) in [5.74, 6) is -2.77. The molecule has 0 aromatic rings. The highest BCUT2D eigenvalue weighted by Gasteiger charge is 2.65. The predicted molar refractivity (Wildman–Crippen MR) is 78.6 cm³/mol. The summed E-state index contributed by atoms with van der Waals surface area (Å²) in [6.07, 6.45) is 7.06. The van der Waals surface area contributed by atoms with E-state index in [1.54, 1.807) is 11.0 Å². The smallest absolute Gasteiger partial charge is 0.230 e. The van der Waals surface area contributed by atoms with Gasteiger partial charge in [-0.05, 0) is 33.6 Å². The quantitative estimate of drug-likeness (QED) is 0.699. The van der Waals surface area contributed by atoms with Crippen molar-refractivity contribution in [1.29, 1.82) is 0 Å². The molecule has 3 aliphatic rings. The largest absolute Gasteiger partial charge is 0.550 e. The van der Waals surface area contributed by atoms with Crippen LogP contribution in [0.3, 0.4) is 0 Å². The molecule has 0 N–H and O–H groups in total. The number of fused-ring (bicyclic) bond motifs is 1. The Bertz CT molecular complexity index is 563. The third kappa shape index (κ3) is 2.19. The number of ether oxygens (including phenoxy) is 1. The minimum Gasteiger partial charge on any atom is -0.550 e. The van der Waals surface area contributed by atoms with Gasteiger partial charge in [-0.15, -0.1) is 0 Å². The molecule has 3 heterocycles. The molecule has 0 unspecified atom stereocenters. The molecule has 2 bridgehead atoms. The van der Waals surface area contributed by atoms with Crippen molar-refractivity contribution in [2.45, 2.75) is 51.4 Å². The highest BCUT2D eigenvalue weighted by molar-refractivity contribution is 5.90. The maximum absolute atomic E-state index is 12.7. The van der Waals surface area contributed by atoms with Gasteiger partial charge in [0.2, 0.25) is 5.91 Å². The van der Waals surface area contributed by atoms with Gasteiger partial charge in [0.1, 0.15) is 5.60 Å². The van der Waals surface area contributed by atoms with Gasteiger partial charge >= 0.3 is 0 Å². The van der Waals surface area contributed by atoms with Crippen molar-refractivity contribution in [2.24, 2.45) is 11.8 Å². The minimum atomic E-state index is -1.19. The van der Waals surface area contributed by atoms with Gasteiger partial charge in [0.15, 0.2) is 0 Å². The number of carbonyl (C=O) groups excluding carboxylic acids is 2. The molecule has 1 amide bonds. The second-order valence-electron chi connectivity index (χ2n) is 6.89. The number of hydrogen-bond donors (Lipinski definition) is 0. The SMILES string of the molecule is CC(C)=CCC[C@H](C)N1C[C@@]23C=C[C@H](O2)[C@H](C(=O)[O-])[C@H]3C1=O. The Morgan fingerprint density at radius 3 is 2.95 bits per heavy atom. The van der Waals surface area contributed by atoms with Gasteiger partial charge < -0.3 is 19.5 Å². The zero-order chi connectivity index (χ0) is 16.1. The number of aliphatic carboxylic acids is 1. The van der Waals surface area contributed by atoms with Gasteiger partial charge in [-0.3, -0.25) is 4.79 Å². The fraction of sp³-hybridized carbons (Fsp3) is 0.647. The molecule has 5 heteroatoms. The van der Waals surface area contributed by atoms with Crippen molar-refractivity contribution >= 4 is 11.9 Å². The number of carboxylic acids is 1. The maximum atomic E-state index is 12.7. The van der Waals surface area contributed by atoms with Crippen molar-refractivity contribution in [3.8, 4) is 0 Å². The number of rotatable bonds is 5. The zero-order valence-electron chi connectivity index (χ0n) is 13.2. The normalized spacial score (nSPS) is 36.6. The molecule has 2 fully saturated rings. The Kier molecular flexibility index (Phi) is 3.63. The van der Waals surface area contributed by atoms with Crippen LogP contribution in [0.2, 0.25) is 0 Å². The summed E-state index contributed by atoms with van der Waals surface area (Å²) in [6.45, 7) is 6.56. The van der Waals surface area contributed by atoms with Crippen LogP contribution in [0.25, 0.3) is 0 Å². The van der Waals surface area contributed by atoms with Gasteiger partial charge in [0.25, 0.3) is 0 Å². The van der Waals surface area contributed by atoms with Crippen LogP contribution in [0.1, 0.15) is 33.6 Å². The molecule has 1 spiro atoms. The van der Waals surface area contributed by atoms with E-state index in [-0.39, 0.29) is 11.9 Å². The number of nitrogens with zero attached hydrogens (tertiary/aromatic N) is 1. The first-order chi connectivity index (χ1) is 10.4. The molecule has 5 atom stereocenters. The fourth-order valence-corrected chi connectivity index (χ4v) is 3.94. The van der Waals surface area contributed by atoms with Gasteiger partial charge in [0, 0.05) is 17.9 Å². The lowest BCUT2D eigenvalue weighted by Gasteiger charge is -2.27. The molecule has 0 radical (unpaired) electrons. The van der Waals surface area contributed by atoms with Crippen LogP contribution in [0, 0.1) is 11.8 Å². The Balaban J connectivity index is 1.76. The third-order valence-electron chi connectivity index (χ3n) is 5.07. The Hall–Kier alpha value is -1.62. The monoisotopic (exact) mass is 304 g/mol. The van der Waals surface area contributed by atoms with Gasteiger partial charge in [-0.1, -0.05) is 23.8 Å². The first-order valence-corrected chi connectivity index (χ1v) is 7.87. The van der Waals surface area contributed by atoms with Crippen molar-refractivity contribution in [3.05, 3.63) is 23.8 Å². The van der Waals surface area contributed by atoms with E-state index in [1.807, 2.05) is 13.0 Å². The Labute approximate surface area is 130 Å². The number of amides is 1. The highest BCUT2D eigenvalue weighted by Crippen LogP contribution is 2.52. The molecule has 0 aromatic heterocycles. The number of carbonyl (C=O) groups is 2. The van der Waals surface area contributed by atoms with E-state index in [4.69, 9.17) is 4.74 Å². The second kappa shape index (κ2) is 5.23. The lowest BCUT2D eigenvalue weighted by molar-refractivity contribution is -0.313. The summed E-state index contributed by atoms with van der Waals surface area (Å²) in [6, 6.07) is 0.0709. The number of carboxylic acid groups (broad SMARTS) is 1. The third-order valence-corrected chi connectivity index (χ3v) is 5.07. The number of allylic oxidation sites excluding steroid dienone is 2. The molecule has 120 valence electrons. The molecule has 5 nitrogen and oxygen atoms in total. The van der Waals surface area contributed by atoms with Crippen LogP contribution in [0.4, 0.5) is 0 Å². The summed E-state index contributed by atoms with van der Waals surface area (Å²) in [5, 5.41) is 11.4. The van der Waals surface area contributed by atoms with Gasteiger partial charge in [-0.25, -0.2) is 0 Å². The summed E-state index contributed by atoms with van der Waals surface area (Å²) < 4.78 is 5.84. The average Bonchev–Trinajstić information content (AvgIpc) is 3.06. The van der Waals surface area contributed by atoms with Crippen LogP contribution in [-0.4, -0.2) is 41.1 Å². The van der Waals surface area contributed by atoms with Crippen molar-refractivity contribution < 1.29 is 19.4 Å². The van der Waals surface area contributed by atoms with E-state index in [1.165, 1.54) is 5.57 Å². The summed E-state index contributed by atoms with van der Waals surface area (Å²) in [4.78, 5) is 25.9. The summed E-state index contributed by atoms with van der Waals surface area (Å²) in [5.41, 5.74) is 0.509. The van der Waals surface area contributed by atoms with E-state index in [0.29, 0.717) is 6.54 Å². The van der Waals surface area contributed by atoms with Crippen LogP contribution in [0.15, 0.2) is 23.8 Å². The van der Waals surface area contributed by atoms with E-state index in [9.17, 15) is 14.7 Å². The van der Waals surface area contributed by atoms with Crippen LogP contribution in [-0.2, 0) is 14.3 Å².